The Morgan fingerprint density at radius 2 is 2.00 bits per heavy atom. The van der Waals surface area contributed by atoms with E-state index in [9.17, 15) is 9.90 Å². The Kier molecular flexibility index (Phi) is 4.59. The van der Waals surface area contributed by atoms with Crippen LogP contribution in [0, 0.1) is 5.41 Å². The fraction of sp³-hybridized carbons (Fsp3) is 0.929. The molecule has 3 heteroatoms. The van der Waals surface area contributed by atoms with E-state index in [1.807, 2.05) is 6.92 Å². The molecular formula is C14H27NO2. The molecule has 17 heavy (non-hydrogen) atoms. The van der Waals surface area contributed by atoms with Crippen molar-refractivity contribution >= 4 is 5.97 Å². The van der Waals surface area contributed by atoms with Crippen molar-refractivity contribution in [1.29, 1.82) is 0 Å². The third-order valence-corrected chi connectivity index (χ3v) is 4.01. The van der Waals surface area contributed by atoms with E-state index in [0.29, 0.717) is 6.04 Å². The molecule has 1 fully saturated rings. The average Bonchev–Trinajstić information content (AvgIpc) is 2.80. The van der Waals surface area contributed by atoms with Gasteiger partial charge in [-0.25, -0.2) is 0 Å². The first kappa shape index (κ1) is 14.5. The van der Waals surface area contributed by atoms with Gasteiger partial charge in [-0.1, -0.05) is 46.5 Å². The largest absolute Gasteiger partial charge is 0.480 e. The van der Waals surface area contributed by atoms with Crippen LogP contribution in [0.4, 0.5) is 0 Å². The lowest BCUT2D eigenvalue weighted by molar-refractivity contribution is -0.144. The van der Waals surface area contributed by atoms with Gasteiger partial charge in [0.2, 0.25) is 0 Å². The van der Waals surface area contributed by atoms with E-state index in [2.05, 4.69) is 26.1 Å². The molecule has 0 aromatic carbocycles. The van der Waals surface area contributed by atoms with Gasteiger partial charge >= 0.3 is 5.97 Å². The van der Waals surface area contributed by atoms with Crippen LogP contribution in [-0.2, 0) is 4.79 Å². The van der Waals surface area contributed by atoms with Crippen LogP contribution in [0.3, 0.4) is 0 Å². The zero-order valence-corrected chi connectivity index (χ0v) is 11.7. The third-order valence-electron chi connectivity index (χ3n) is 4.01. The number of hydrogen-bond acceptors (Lipinski definition) is 2. The molecule has 0 radical (unpaired) electrons. The fourth-order valence-corrected chi connectivity index (χ4v) is 2.24. The van der Waals surface area contributed by atoms with Gasteiger partial charge in [-0.15, -0.1) is 0 Å². The highest BCUT2D eigenvalue weighted by molar-refractivity contribution is 5.78. The highest BCUT2D eigenvalue weighted by atomic mass is 16.4. The predicted molar refractivity (Wildman–Crippen MR) is 70.1 cm³/mol. The van der Waals surface area contributed by atoms with Gasteiger partial charge in [-0.3, -0.25) is 10.1 Å². The molecule has 1 rings (SSSR count). The van der Waals surface area contributed by atoms with Gasteiger partial charge in [0, 0.05) is 6.04 Å². The number of unbranched alkanes of at least 4 members (excludes halogenated alkanes) is 3. The van der Waals surface area contributed by atoms with Crippen molar-refractivity contribution in [3.8, 4) is 0 Å². The lowest BCUT2D eigenvalue weighted by atomic mass is 9.93. The van der Waals surface area contributed by atoms with E-state index in [0.717, 1.165) is 25.7 Å². The number of nitrogens with one attached hydrogen (secondary N) is 1. The quantitative estimate of drug-likeness (QED) is 0.642. The summed E-state index contributed by atoms with van der Waals surface area (Å²) in [6.07, 6.45) is 6.34. The van der Waals surface area contributed by atoms with E-state index in [1.165, 1.54) is 12.8 Å². The SMILES string of the molecule is CCCCCCC(C)(NC1CC1(C)C)C(=O)O. The molecule has 0 bridgehead atoms. The first-order chi connectivity index (χ1) is 7.82. The lowest BCUT2D eigenvalue weighted by Gasteiger charge is -2.27. The fourth-order valence-electron chi connectivity index (χ4n) is 2.24. The summed E-state index contributed by atoms with van der Waals surface area (Å²) in [7, 11) is 0. The molecule has 2 N–H and O–H groups in total. The molecule has 3 nitrogen and oxygen atoms in total. The first-order valence-electron chi connectivity index (χ1n) is 6.83. The normalized spacial score (nSPS) is 25.3. The van der Waals surface area contributed by atoms with E-state index >= 15 is 0 Å². The molecule has 1 aliphatic carbocycles. The summed E-state index contributed by atoms with van der Waals surface area (Å²) in [5, 5.41) is 12.7. The van der Waals surface area contributed by atoms with Crippen molar-refractivity contribution in [1.82, 2.24) is 5.32 Å². The summed E-state index contributed by atoms with van der Waals surface area (Å²) < 4.78 is 0. The lowest BCUT2D eigenvalue weighted by Crippen LogP contribution is -2.51. The number of rotatable bonds is 8. The minimum atomic E-state index is -0.744. The maximum Gasteiger partial charge on any atom is 0.323 e. The van der Waals surface area contributed by atoms with Gasteiger partial charge < -0.3 is 5.11 Å². The highest BCUT2D eigenvalue weighted by Crippen LogP contribution is 2.45. The maximum atomic E-state index is 11.4. The molecule has 1 aliphatic rings. The standard InChI is InChI=1S/C14H27NO2/c1-5-6-7-8-9-14(4,12(16)17)15-11-10-13(11,2)3/h11,15H,5-10H2,1-4H3,(H,16,17). The zero-order chi connectivity index (χ0) is 13.1. The van der Waals surface area contributed by atoms with Crippen LogP contribution in [-0.4, -0.2) is 22.7 Å². The topological polar surface area (TPSA) is 49.3 Å². The van der Waals surface area contributed by atoms with Crippen molar-refractivity contribution in [3.05, 3.63) is 0 Å². The minimum Gasteiger partial charge on any atom is -0.480 e. The molecule has 0 aliphatic heterocycles. The highest BCUT2D eigenvalue weighted by Gasteiger charge is 2.50. The second kappa shape index (κ2) is 5.38. The van der Waals surface area contributed by atoms with Crippen LogP contribution in [0.5, 0.6) is 0 Å². The van der Waals surface area contributed by atoms with Crippen molar-refractivity contribution in [2.45, 2.75) is 77.8 Å². The van der Waals surface area contributed by atoms with Gasteiger partial charge in [0.1, 0.15) is 5.54 Å². The average molecular weight is 241 g/mol. The number of carboxylic acids is 1. The molecular weight excluding hydrogens is 214 g/mol. The Morgan fingerprint density at radius 1 is 1.41 bits per heavy atom. The molecule has 0 aromatic rings. The number of hydrogen-bond donors (Lipinski definition) is 2. The van der Waals surface area contributed by atoms with Gasteiger partial charge in [0.25, 0.3) is 0 Å². The summed E-state index contributed by atoms with van der Waals surface area (Å²) in [5.41, 5.74) is -0.466. The Bertz CT molecular complexity index is 275. The summed E-state index contributed by atoms with van der Waals surface area (Å²) in [6.45, 7) is 8.37. The molecule has 0 heterocycles. The van der Waals surface area contributed by atoms with Crippen molar-refractivity contribution in [2.75, 3.05) is 0 Å². The summed E-state index contributed by atoms with van der Waals surface area (Å²) in [6, 6.07) is 0.370. The van der Waals surface area contributed by atoms with Gasteiger partial charge in [0.15, 0.2) is 0 Å². The van der Waals surface area contributed by atoms with Gasteiger partial charge in [-0.2, -0.15) is 0 Å². The van der Waals surface area contributed by atoms with Gasteiger partial charge in [-0.05, 0) is 25.2 Å². The number of aliphatic carboxylic acids is 1. The van der Waals surface area contributed by atoms with Crippen molar-refractivity contribution < 1.29 is 9.90 Å². The van der Waals surface area contributed by atoms with Gasteiger partial charge in [0.05, 0.1) is 0 Å². The summed E-state index contributed by atoms with van der Waals surface area (Å²) in [4.78, 5) is 11.4. The third kappa shape index (κ3) is 3.98. The van der Waals surface area contributed by atoms with Crippen molar-refractivity contribution in [3.63, 3.8) is 0 Å². The predicted octanol–water partition coefficient (Wildman–Crippen LogP) is 3.19. The smallest absolute Gasteiger partial charge is 0.323 e. The molecule has 2 atom stereocenters. The second-order valence-corrected chi connectivity index (χ2v) is 6.34. The zero-order valence-electron chi connectivity index (χ0n) is 11.7. The Balaban J connectivity index is 2.42. The van der Waals surface area contributed by atoms with Crippen LogP contribution in [0.25, 0.3) is 0 Å². The Morgan fingerprint density at radius 3 is 2.41 bits per heavy atom. The summed E-state index contributed by atoms with van der Waals surface area (Å²) >= 11 is 0. The van der Waals surface area contributed by atoms with E-state index in [-0.39, 0.29) is 5.41 Å². The van der Waals surface area contributed by atoms with Crippen molar-refractivity contribution in [2.24, 2.45) is 5.41 Å². The molecule has 2 unspecified atom stereocenters. The van der Waals surface area contributed by atoms with Crippen LogP contribution < -0.4 is 5.32 Å². The molecule has 1 saturated carbocycles. The Hall–Kier alpha value is -0.570. The molecule has 100 valence electrons. The van der Waals surface area contributed by atoms with E-state index in [1.54, 1.807) is 0 Å². The molecule has 0 aromatic heterocycles. The summed E-state index contributed by atoms with van der Waals surface area (Å²) in [5.74, 6) is -0.711. The number of carbonyl (C=O) groups is 1. The molecule has 0 amide bonds. The van der Waals surface area contributed by atoms with E-state index in [4.69, 9.17) is 0 Å². The molecule has 0 spiro atoms. The number of carboxylic acid groups (broad SMARTS) is 1. The minimum absolute atomic E-state index is 0.278. The maximum absolute atomic E-state index is 11.4. The van der Waals surface area contributed by atoms with Crippen LogP contribution in [0.1, 0.15) is 66.2 Å². The Labute approximate surface area is 105 Å². The monoisotopic (exact) mass is 241 g/mol. The first-order valence-corrected chi connectivity index (χ1v) is 6.83. The molecule has 0 saturated heterocycles. The second-order valence-electron chi connectivity index (χ2n) is 6.34. The van der Waals surface area contributed by atoms with Crippen LogP contribution >= 0.6 is 0 Å². The van der Waals surface area contributed by atoms with Crippen LogP contribution in [0.2, 0.25) is 0 Å². The van der Waals surface area contributed by atoms with Crippen LogP contribution in [0.15, 0.2) is 0 Å². The van der Waals surface area contributed by atoms with E-state index < -0.39 is 11.5 Å².